The van der Waals surface area contributed by atoms with Gasteiger partial charge in [0.25, 0.3) is 11.4 Å². The summed E-state index contributed by atoms with van der Waals surface area (Å²) in [5, 5.41) is 21.6. The van der Waals surface area contributed by atoms with Crippen LogP contribution in [0.3, 0.4) is 0 Å². The molecule has 0 bridgehead atoms. The maximum Gasteiger partial charge on any atom is 0.273 e. The quantitative estimate of drug-likeness (QED) is 0.620. The number of nitro groups is 2. The summed E-state index contributed by atoms with van der Waals surface area (Å²) in [6.07, 6.45) is 0. The van der Waals surface area contributed by atoms with E-state index < -0.39 is 9.85 Å². The molecular weight excluding hydrogens is 278 g/mol. The summed E-state index contributed by atoms with van der Waals surface area (Å²) in [4.78, 5) is 22.3. The van der Waals surface area contributed by atoms with Gasteiger partial charge in [0.2, 0.25) is 0 Å². The first-order valence-corrected chi connectivity index (χ1v) is 5.96. The van der Waals surface area contributed by atoms with Crippen LogP contribution in [0.2, 0.25) is 0 Å². The molecule has 2 aromatic rings. The van der Waals surface area contributed by atoms with Gasteiger partial charge in [-0.2, -0.15) is 0 Å². The minimum absolute atomic E-state index is 0.101. The maximum absolute atomic E-state index is 10.8. The fourth-order valence-electron chi connectivity index (χ4n) is 2.20. The number of nitrogens with zero attached hydrogens (tertiary/aromatic N) is 3. The Balaban J connectivity index is 2.10. The van der Waals surface area contributed by atoms with Crippen LogP contribution in [0.1, 0.15) is 0 Å². The van der Waals surface area contributed by atoms with Crippen LogP contribution in [-0.2, 0) is 0 Å². The van der Waals surface area contributed by atoms with Crippen molar-refractivity contribution in [3.8, 4) is 11.5 Å². The van der Waals surface area contributed by atoms with Crippen LogP contribution in [0.5, 0.6) is 11.5 Å². The molecule has 1 aliphatic rings. The van der Waals surface area contributed by atoms with Crippen LogP contribution in [-0.4, -0.2) is 16.9 Å². The van der Waals surface area contributed by atoms with Crippen LogP contribution in [0, 0.1) is 20.2 Å². The van der Waals surface area contributed by atoms with Crippen LogP contribution in [0.4, 0.5) is 22.7 Å². The third-order valence-corrected chi connectivity index (χ3v) is 3.25. The summed E-state index contributed by atoms with van der Waals surface area (Å²) in [5.74, 6) is 0.583. The van der Waals surface area contributed by atoms with Crippen molar-refractivity contribution in [3.63, 3.8) is 0 Å². The molecule has 8 nitrogen and oxygen atoms in total. The third kappa shape index (κ3) is 2.02. The van der Waals surface area contributed by atoms with Crippen molar-refractivity contribution in [1.29, 1.82) is 0 Å². The number of hydrogen-bond donors (Lipinski definition) is 0. The van der Waals surface area contributed by atoms with E-state index in [0.29, 0.717) is 22.9 Å². The van der Waals surface area contributed by atoms with Gasteiger partial charge in [-0.1, -0.05) is 0 Å². The molecule has 0 aromatic heterocycles. The zero-order valence-electron chi connectivity index (χ0n) is 10.8. The number of non-ortho nitro benzene ring substituents is 2. The number of ether oxygens (including phenoxy) is 1. The van der Waals surface area contributed by atoms with E-state index in [-0.39, 0.29) is 11.4 Å². The Hall–Kier alpha value is -3.16. The lowest BCUT2D eigenvalue weighted by Crippen LogP contribution is -2.15. The predicted octanol–water partition coefficient (Wildman–Crippen LogP) is 3.38. The van der Waals surface area contributed by atoms with Crippen molar-refractivity contribution in [2.24, 2.45) is 0 Å². The van der Waals surface area contributed by atoms with Gasteiger partial charge in [0.1, 0.15) is 0 Å². The second-order valence-electron chi connectivity index (χ2n) is 4.48. The average Bonchev–Trinajstić information content (AvgIpc) is 2.46. The summed E-state index contributed by atoms with van der Waals surface area (Å²) < 4.78 is 5.58. The number of fused-ring (bicyclic) bond motifs is 2. The van der Waals surface area contributed by atoms with Crippen LogP contribution in [0.25, 0.3) is 0 Å². The van der Waals surface area contributed by atoms with Gasteiger partial charge in [0.05, 0.1) is 33.4 Å². The van der Waals surface area contributed by atoms with E-state index in [1.54, 1.807) is 24.1 Å². The lowest BCUT2D eigenvalue weighted by molar-refractivity contribution is -0.384. The van der Waals surface area contributed by atoms with Gasteiger partial charge >= 0.3 is 0 Å². The van der Waals surface area contributed by atoms with Crippen molar-refractivity contribution in [3.05, 3.63) is 56.6 Å². The molecule has 0 saturated heterocycles. The molecule has 0 atom stereocenters. The molecule has 0 radical (unpaired) electrons. The van der Waals surface area contributed by atoms with Crippen molar-refractivity contribution >= 4 is 22.7 Å². The van der Waals surface area contributed by atoms with Gasteiger partial charge < -0.3 is 9.64 Å². The second-order valence-corrected chi connectivity index (χ2v) is 4.48. The normalized spacial score (nSPS) is 12.1. The molecular formula is C13H9N3O5. The smallest absolute Gasteiger partial charge is 0.273 e. The number of anilines is 2. The molecule has 8 heteroatoms. The predicted molar refractivity (Wildman–Crippen MR) is 74.3 cm³/mol. The molecule has 2 aromatic carbocycles. The van der Waals surface area contributed by atoms with Crippen molar-refractivity contribution in [2.45, 2.75) is 0 Å². The van der Waals surface area contributed by atoms with E-state index in [1.165, 1.54) is 24.3 Å². The lowest BCUT2D eigenvalue weighted by atomic mass is 10.1. The Bertz CT molecular complexity index is 711. The summed E-state index contributed by atoms with van der Waals surface area (Å²) in [7, 11) is 1.76. The number of nitro benzene ring substituents is 2. The van der Waals surface area contributed by atoms with E-state index in [4.69, 9.17) is 4.74 Å². The molecule has 0 amide bonds. The Morgan fingerprint density at radius 2 is 1.33 bits per heavy atom. The van der Waals surface area contributed by atoms with Crippen molar-refractivity contribution < 1.29 is 14.6 Å². The molecule has 1 aliphatic heterocycles. The minimum atomic E-state index is -0.521. The standard InChI is InChI=1S/C13H9N3O5/c1-14-10-4-2-8(15(17)18)6-12(10)21-13-7-9(16(19)20)3-5-11(13)14/h2-7H,1H3. The van der Waals surface area contributed by atoms with E-state index >= 15 is 0 Å². The largest absolute Gasteiger partial charge is 0.452 e. The molecule has 0 fully saturated rings. The molecule has 0 aliphatic carbocycles. The van der Waals surface area contributed by atoms with E-state index in [0.717, 1.165) is 0 Å². The van der Waals surface area contributed by atoms with Gasteiger partial charge in [-0.05, 0) is 12.1 Å². The molecule has 0 unspecified atom stereocenters. The van der Waals surface area contributed by atoms with Gasteiger partial charge in [0.15, 0.2) is 11.5 Å². The topological polar surface area (TPSA) is 98.8 Å². The van der Waals surface area contributed by atoms with Gasteiger partial charge in [0, 0.05) is 19.2 Å². The highest BCUT2D eigenvalue weighted by molar-refractivity contribution is 5.79. The van der Waals surface area contributed by atoms with Gasteiger partial charge in [-0.3, -0.25) is 20.2 Å². The highest BCUT2D eigenvalue weighted by Gasteiger charge is 2.25. The molecule has 0 N–H and O–H groups in total. The fraction of sp³-hybridized carbons (Fsp3) is 0.0769. The minimum Gasteiger partial charge on any atom is -0.452 e. The van der Waals surface area contributed by atoms with Crippen molar-refractivity contribution in [2.75, 3.05) is 11.9 Å². The molecule has 3 rings (SSSR count). The first-order valence-electron chi connectivity index (χ1n) is 5.96. The Kier molecular flexibility index (Phi) is 2.72. The van der Waals surface area contributed by atoms with E-state index in [2.05, 4.69) is 0 Å². The zero-order valence-corrected chi connectivity index (χ0v) is 10.8. The summed E-state index contributed by atoms with van der Waals surface area (Å²) >= 11 is 0. The first-order chi connectivity index (χ1) is 9.97. The Labute approximate surface area is 118 Å². The van der Waals surface area contributed by atoms with Crippen LogP contribution >= 0.6 is 0 Å². The Morgan fingerprint density at radius 1 is 0.905 bits per heavy atom. The molecule has 0 saturated carbocycles. The SMILES string of the molecule is CN1c2ccc([N+](=O)[O-])cc2Oc2cc([N+](=O)[O-])ccc21. The highest BCUT2D eigenvalue weighted by atomic mass is 16.6. The van der Waals surface area contributed by atoms with Crippen LogP contribution in [0.15, 0.2) is 36.4 Å². The first kappa shape index (κ1) is 12.9. The Morgan fingerprint density at radius 3 is 1.71 bits per heavy atom. The van der Waals surface area contributed by atoms with Crippen LogP contribution < -0.4 is 9.64 Å². The molecule has 21 heavy (non-hydrogen) atoms. The monoisotopic (exact) mass is 287 g/mol. The third-order valence-electron chi connectivity index (χ3n) is 3.25. The summed E-state index contributed by atoms with van der Waals surface area (Å²) in [6, 6.07) is 8.53. The van der Waals surface area contributed by atoms with E-state index in [1.807, 2.05) is 0 Å². The number of rotatable bonds is 2. The second kappa shape index (κ2) is 4.44. The fourth-order valence-corrected chi connectivity index (χ4v) is 2.20. The van der Waals surface area contributed by atoms with Gasteiger partial charge in [-0.15, -0.1) is 0 Å². The lowest BCUT2D eigenvalue weighted by Gasteiger charge is -2.29. The van der Waals surface area contributed by atoms with Gasteiger partial charge in [-0.25, -0.2) is 0 Å². The average molecular weight is 287 g/mol. The van der Waals surface area contributed by atoms with E-state index in [9.17, 15) is 20.2 Å². The van der Waals surface area contributed by atoms with Crippen molar-refractivity contribution in [1.82, 2.24) is 0 Å². The summed E-state index contributed by atoms with van der Waals surface area (Å²) in [5.41, 5.74) is 1.11. The number of benzene rings is 2. The maximum atomic E-state index is 10.8. The molecule has 106 valence electrons. The number of hydrogen-bond acceptors (Lipinski definition) is 6. The summed E-state index contributed by atoms with van der Waals surface area (Å²) in [6.45, 7) is 0. The highest BCUT2D eigenvalue weighted by Crippen LogP contribution is 2.47. The zero-order chi connectivity index (χ0) is 15.1. The molecule has 1 heterocycles. The molecule has 0 spiro atoms.